The van der Waals surface area contributed by atoms with Crippen LogP contribution in [0.25, 0.3) is 0 Å². The van der Waals surface area contributed by atoms with Gasteiger partial charge in [-0.15, -0.1) is 0 Å². The minimum absolute atomic E-state index is 0.0107. The second kappa shape index (κ2) is 11.5. The molecular weight excluding hydrogens is 461 g/mol. The molecule has 8 heteroatoms. The Morgan fingerprint density at radius 3 is 2.17 bits per heavy atom. The maximum Gasteiger partial charge on any atom is 0.255 e. The molecule has 186 valence electrons. The fourth-order valence-corrected chi connectivity index (χ4v) is 4.26. The van der Waals surface area contributed by atoms with E-state index in [1.807, 2.05) is 0 Å². The van der Waals surface area contributed by atoms with E-state index in [1.165, 1.54) is 31.7 Å². The minimum Gasteiger partial charge on any atom is -0.495 e. The SMILES string of the molecule is COc1ccc(NC(=O)c2cccc(NC(=O)C3CCCCC3)c2)cc1NC(=O)c1cccc(F)c1. The molecule has 0 aliphatic heterocycles. The van der Waals surface area contributed by atoms with Crippen molar-refractivity contribution < 1.29 is 23.5 Å². The van der Waals surface area contributed by atoms with Crippen LogP contribution in [0.4, 0.5) is 21.5 Å². The first kappa shape index (κ1) is 24.9. The number of ether oxygens (including phenoxy) is 1. The van der Waals surface area contributed by atoms with Crippen molar-refractivity contribution in [3.05, 3.63) is 83.7 Å². The lowest BCUT2D eigenvalue weighted by Crippen LogP contribution is -2.24. The molecule has 7 nitrogen and oxygen atoms in total. The molecule has 0 heterocycles. The van der Waals surface area contributed by atoms with Crippen LogP contribution in [-0.4, -0.2) is 24.8 Å². The quantitative estimate of drug-likeness (QED) is 0.387. The predicted molar refractivity (Wildman–Crippen MR) is 137 cm³/mol. The van der Waals surface area contributed by atoms with E-state index in [2.05, 4.69) is 16.0 Å². The van der Waals surface area contributed by atoms with Crippen LogP contribution in [0.3, 0.4) is 0 Å². The Morgan fingerprint density at radius 2 is 1.44 bits per heavy atom. The van der Waals surface area contributed by atoms with Crippen molar-refractivity contribution in [1.82, 2.24) is 0 Å². The summed E-state index contributed by atoms with van der Waals surface area (Å²) >= 11 is 0. The number of methoxy groups -OCH3 is 1. The van der Waals surface area contributed by atoms with Gasteiger partial charge in [0.05, 0.1) is 12.8 Å². The van der Waals surface area contributed by atoms with E-state index in [0.717, 1.165) is 31.7 Å². The highest BCUT2D eigenvalue weighted by Crippen LogP contribution is 2.29. The third kappa shape index (κ3) is 6.27. The number of halogens is 1. The van der Waals surface area contributed by atoms with E-state index in [1.54, 1.807) is 42.5 Å². The van der Waals surface area contributed by atoms with Crippen LogP contribution in [-0.2, 0) is 4.79 Å². The van der Waals surface area contributed by atoms with Gasteiger partial charge in [0.25, 0.3) is 11.8 Å². The summed E-state index contributed by atoms with van der Waals surface area (Å²) in [5.41, 5.74) is 1.83. The second-order valence-corrected chi connectivity index (χ2v) is 8.74. The molecule has 3 amide bonds. The highest BCUT2D eigenvalue weighted by atomic mass is 19.1. The molecule has 0 unspecified atom stereocenters. The van der Waals surface area contributed by atoms with Crippen molar-refractivity contribution in [2.75, 3.05) is 23.1 Å². The maximum atomic E-state index is 13.5. The first-order chi connectivity index (χ1) is 17.4. The lowest BCUT2D eigenvalue weighted by molar-refractivity contribution is -0.120. The summed E-state index contributed by atoms with van der Waals surface area (Å²) in [7, 11) is 1.46. The molecule has 3 aromatic rings. The predicted octanol–water partition coefficient (Wildman–Crippen LogP) is 5.86. The van der Waals surface area contributed by atoms with Gasteiger partial charge in [-0.05, 0) is 67.4 Å². The van der Waals surface area contributed by atoms with Gasteiger partial charge in [-0.1, -0.05) is 31.4 Å². The largest absolute Gasteiger partial charge is 0.495 e. The first-order valence-electron chi connectivity index (χ1n) is 11.9. The van der Waals surface area contributed by atoms with Gasteiger partial charge in [0, 0.05) is 28.4 Å². The van der Waals surface area contributed by atoms with Crippen molar-refractivity contribution in [3.8, 4) is 5.75 Å². The molecule has 0 atom stereocenters. The molecule has 1 fully saturated rings. The van der Waals surface area contributed by atoms with Crippen molar-refractivity contribution in [1.29, 1.82) is 0 Å². The van der Waals surface area contributed by atoms with Gasteiger partial charge in [0.15, 0.2) is 0 Å². The number of hydrogen-bond acceptors (Lipinski definition) is 4. The Bertz CT molecular complexity index is 1270. The Balaban J connectivity index is 1.45. The van der Waals surface area contributed by atoms with Crippen LogP contribution in [0.5, 0.6) is 5.75 Å². The fraction of sp³-hybridized carbons (Fsp3) is 0.250. The summed E-state index contributed by atoms with van der Waals surface area (Å²) in [5, 5.41) is 8.41. The number of anilines is 3. The average molecular weight is 490 g/mol. The number of nitrogens with one attached hydrogen (secondary N) is 3. The number of benzene rings is 3. The number of carbonyl (C=O) groups is 3. The van der Waals surface area contributed by atoms with Crippen molar-refractivity contribution >= 4 is 34.8 Å². The zero-order valence-electron chi connectivity index (χ0n) is 20.0. The summed E-state index contributed by atoms with van der Waals surface area (Å²) in [4.78, 5) is 38.1. The summed E-state index contributed by atoms with van der Waals surface area (Å²) in [6.07, 6.45) is 5.07. The fourth-order valence-electron chi connectivity index (χ4n) is 4.26. The molecule has 0 radical (unpaired) electrons. The molecule has 1 aliphatic carbocycles. The summed E-state index contributed by atoms with van der Waals surface area (Å²) in [5.74, 6) is -1.04. The van der Waals surface area contributed by atoms with E-state index in [-0.39, 0.29) is 23.3 Å². The monoisotopic (exact) mass is 489 g/mol. The van der Waals surface area contributed by atoms with E-state index < -0.39 is 11.7 Å². The molecule has 1 aliphatic rings. The molecule has 4 rings (SSSR count). The van der Waals surface area contributed by atoms with Crippen LogP contribution < -0.4 is 20.7 Å². The van der Waals surface area contributed by atoms with E-state index in [4.69, 9.17) is 4.74 Å². The third-order valence-corrected chi connectivity index (χ3v) is 6.16. The van der Waals surface area contributed by atoms with Gasteiger partial charge < -0.3 is 20.7 Å². The number of hydrogen-bond donors (Lipinski definition) is 3. The third-order valence-electron chi connectivity index (χ3n) is 6.16. The lowest BCUT2D eigenvalue weighted by Gasteiger charge is -2.20. The normalized spacial score (nSPS) is 13.5. The smallest absolute Gasteiger partial charge is 0.255 e. The standard InChI is InChI=1S/C28H28FN3O4/c1-36-25-14-13-23(17-24(25)32-28(35)19-9-5-11-21(29)15-19)31-27(34)20-10-6-12-22(16-20)30-26(33)18-7-3-2-4-8-18/h5-6,9-18H,2-4,7-8H2,1H3,(H,30,33)(H,31,34)(H,32,35). The van der Waals surface area contributed by atoms with Crippen molar-refractivity contribution in [2.45, 2.75) is 32.1 Å². The summed E-state index contributed by atoms with van der Waals surface area (Å²) in [6.45, 7) is 0. The Hall–Kier alpha value is -4.20. The maximum absolute atomic E-state index is 13.5. The van der Waals surface area contributed by atoms with E-state index in [9.17, 15) is 18.8 Å². The van der Waals surface area contributed by atoms with Crippen LogP contribution in [0.2, 0.25) is 0 Å². The summed E-state index contributed by atoms with van der Waals surface area (Å²) in [6, 6.07) is 16.9. The number of rotatable bonds is 7. The molecule has 0 bridgehead atoms. The molecular formula is C28H28FN3O4. The topological polar surface area (TPSA) is 96.5 Å². The van der Waals surface area contributed by atoms with Crippen LogP contribution in [0.15, 0.2) is 66.7 Å². The van der Waals surface area contributed by atoms with Gasteiger partial charge in [-0.25, -0.2) is 4.39 Å². The van der Waals surface area contributed by atoms with Gasteiger partial charge in [0.1, 0.15) is 11.6 Å². The molecule has 0 aromatic heterocycles. The van der Waals surface area contributed by atoms with Gasteiger partial charge in [-0.3, -0.25) is 14.4 Å². The van der Waals surface area contributed by atoms with E-state index in [0.29, 0.717) is 28.4 Å². The lowest BCUT2D eigenvalue weighted by atomic mass is 9.88. The van der Waals surface area contributed by atoms with Gasteiger partial charge >= 0.3 is 0 Å². The molecule has 0 saturated heterocycles. The van der Waals surface area contributed by atoms with Crippen LogP contribution >= 0.6 is 0 Å². The zero-order valence-corrected chi connectivity index (χ0v) is 20.0. The van der Waals surface area contributed by atoms with Gasteiger partial charge in [0.2, 0.25) is 5.91 Å². The summed E-state index contributed by atoms with van der Waals surface area (Å²) < 4.78 is 18.8. The number of amides is 3. The zero-order chi connectivity index (χ0) is 25.5. The first-order valence-corrected chi connectivity index (χ1v) is 11.9. The average Bonchev–Trinajstić information content (AvgIpc) is 2.89. The van der Waals surface area contributed by atoms with E-state index >= 15 is 0 Å². The minimum atomic E-state index is -0.521. The van der Waals surface area contributed by atoms with Crippen molar-refractivity contribution in [2.24, 2.45) is 5.92 Å². The molecule has 1 saturated carbocycles. The second-order valence-electron chi connectivity index (χ2n) is 8.74. The Morgan fingerprint density at radius 1 is 0.778 bits per heavy atom. The van der Waals surface area contributed by atoms with Gasteiger partial charge in [-0.2, -0.15) is 0 Å². The Labute approximate surface area is 209 Å². The van der Waals surface area contributed by atoms with Crippen LogP contribution in [0, 0.1) is 11.7 Å². The molecule has 0 spiro atoms. The highest BCUT2D eigenvalue weighted by Gasteiger charge is 2.21. The number of carbonyl (C=O) groups excluding carboxylic acids is 3. The van der Waals surface area contributed by atoms with Crippen LogP contribution in [0.1, 0.15) is 52.8 Å². The Kier molecular flexibility index (Phi) is 7.95. The molecule has 3 aromatic carbocycles. The highest BCUT2D eigenvalue weighted by molar-refractivity contribution is 6.07. The molecule has 36 heavy (non-hydrogen) atoms. The van der Waals surface area contributed by atoms with Crippen molar-refractivity contribution in [3.63, 3.8) is 0 Å². The molecule has 3 N–H and O–H groups in total.